The van der Waals surface area contributed by atoms with Gasteiger partial charge in [0, 0.05) is 24.5 Å². The van der Waals surface area contributed by atoms with E-state index in [2.05, 4.69) is 5.32 Å². The molecule has 0 saturated heterocycles. The molecule has 7 nitrogen and oxygen atoms in total. The van der Waals surface area contributed by atoms with E-state index >= 15 is 0 Å². The van der Waals surface area contributed by atoms with Crippen LogP contribution in [0.1, 0.15) is 42.0 Å². The van der Waals surface area contributed by atoms with Gasteiger partial charge in [0.15, 0.2) is 0 Å². The minimum absolute atomic E-state index is 0.0172. The van der Waals surface area contributed by atoms with Gasteiger partial charge in [0.2, 0.25) is 11.8 Å². The molecule has 0 saturated carbocycles. The van der Waals surface area contributed by atoms with Crippen molar-refractivity contribution in [3.8, 4) is 0 Å². The van der Waals surface area contributed by atoms with Crippen molar-refractivity contribution in [3.05, 3.63) is 130 Å². The first-order chi connectivity index (χ1) is 21.6. The van der Waals surface area contributed by atoms with Crippen molar-refractivity contribution >= 4 is 39.1 Å². The molecule has 0 aliphatic heterocycles. The number of benzene rings is 4. The van der Waals surface area contributed by atoms with Crippen molar-refractivity contribution < 1.29 is 18.0 Å². The minimum Gasteiger partial charge on any atom is -0.354 e. The van der Waals surface area contributed by atoms with Gasteiger partial charge in [0.1, 0.15) is 12.6 Å². The Kier molecular flexibility index (Phi) is 11.8. The van der Waals surface area contributed by atoms with Gasteiger partial charge in [-0.25, -0.2) is 8.42 Å². The average Bonchev–Trinajstić information content (AvgIpc) is 3.04. The highest BCUT2D eigenvalue weighted by atomic mass is 35.5. The maximum atomic E-state index is 14.5. The van der Waals surface area contributed by atoms with E-state index in [1.807, 2.05) is 63.2 Å². The van der Waals surface area contributed by atoms with E-state index in [4.69, 9.17) is 11.6 Å². The maximum absolute atomic E-state index is 14.5. The lowest BCUT2D eigenvalue weighted by atomic mass is 10.0. The van der Waals surface area contributed by atoms with Crippen LogP contribution < -0.4 is 9.62 Å². The quantitative estimate of drug-likeness (QED) is 0.155. The van der Waals surface area contributed by atoms with E-state index in [0.29, 0.717) is 22.8 Å². The molecule has 1 unspecified atom stereocenters. The highest BCUT2D eigenvalue weighted by Gasteiger charge is 2.35. The molecular weight excluding hydrogens is 606 g/mol. The molecule has 0 aliphatic carbocycles. The van der Waals surface area contributed by atoms with Crippen molar-refractivity contribution in [2.45, 2.75) is 57.5 Å². The number of nitrogens with zero attached hydrogens (tertiary/aromatic N) is 2. The van der Waals surface area contributed by atoms with Crippen molar-refractivity contribution in [1.82, 2.24) is 10.2 Å². The summed E-state index contributed by atoms with van der Waals surface area (Å²) in [6, 6.07) is 29.1. The third kappa shape index (κ3) is 8.74. The number of halogens is 1. The van der Waals surface area contributed by atoms with Gasteiger partial charge in [0.25, 0.3) is 10.0 Å². The summed E-state index contributed by atoms with van der Waals surface area (Å²) in [5, 5.41) is 3.44. The zero-order valence-corrected chi connectivity index (χ0v) is 27.5. The number of hydrogen-bond acceptors (Lipinski definition) is 4. The molecule has 1 atom stereocenters. The molecule has 0 radical (unpaired) electrons. The molecule has 4 aromatic carbocycles. The molecule has 4 aromatic rings. The second-order valence-corrected chi connectivity index (χ2v) is 13.3. The van der Waals surface area contributed by atoms with Crippen molar-refractivity contribution in [2.24, 2.45) is 0 Å². The fourth-order valence-corrected chi connectivity index (χ4v) is 6.62. The Hall–Kier alpha value is -4.14. The summed E-state index contributed by atoms with van der Waals surface area (Å²) < 4.78 is 29.4. The zero-order chi connectivity index (χ0) is 32.4. The van der Waals surface area contributed by atoms with E-state index in [0.717, 1.165) is 33.8 Å². The highest BCUT2D eigenvalue weighted by molar-refractivity contribution is 7.92. The van der Waals surface area contributed by atoms with Gasteiger partial charge in [-0.05, 0) is 72.9 Å². The van der Waals surface area contributed by atoms with Gasteiger partial charge in [0.05, 0.1) is 10.6 Å². The maximum Gasteiger partial charge on any atom is 0.264 e. The number of nitrogens with one attached hydrogen (secondary N) is 1. The minimum atomic E-state index is -4.16. The Morgan fingerprint density at radius 1 is 0.844 bits per heavy atom. The molecule has 236 valence electrons. The number of amides is 2. The van der Waals surface area contributed by atoms with E-state index < -0.39 is 28.5 Å². The lowest BCUT2D eigenvalue weighted by Gasteiger charge is -2.34. The van der Waals surface area contributed by atoms with E-state index in [1.165, 1.54) is 17.0 Å². The van der Waals surface area contributed by atoms with Crippen molar-refractivity contribution in [3.63, 3.8) is 0 Å². The van der Waals surface area contributed by atoms with E-state index in [1.54, 1.807) is 48.5 Å². The third-order valence-electron chi connectivity index (χ3n) is 7.79. The largest absolute Gasteiger partial charge is 0.354 e. The molecular formula is C36H40ClN3O4S. The summed E-state index contributed by atoms with van der Waals surface area (Å²) in [6.07, 6.45) is 1.93. The molecule has 0 bridgehead atoms. The molecule has 0 fully saturated rings. The lowest BCUT2D eigenvalue weighted by molar-refractivity contribution is -0.140. The van der Waals surface area contributed by atoms with Gasteiger partial charge in [-0.15, -0.1) is 0 Å². The molecule has 45 heavy (non-hydrogen) atoms. The molecule has 0 heterocycles. The normalized spacial score (nSPS) is 11.9. The number of hydrogen-bond donors (Lipinski definition) is 1. The van der Waals surface area contributed by atoms with Gasteiger partial charge in [-0.1, -0.05) is 97.7 Å². The standard InChI is InChI=1S/C36H40ClN3O4S/c1-4-5-22-38-36(42)34(24-29-14-8-6-9-15-29)39(25-30-16-12-13-19-33(30)37)35(41)26-40(31-21-20-27(2)28(3)23-31)45(43,44)32-17-10-7-11-18-32/h6-21,23,34H,4-5,22,24-26H2,1-3H3,(H,38,42). The lowest BCUT2D eigenvalue weighted by Crippen LogP contribution is -2.53. The first-order valence-electron chi connectivity index (χ1n) is 15.1. The second kappa shape index (κ2) is 15.7. The van der Waals surface area contributed by atoms with Crippen LogP contribution in [0.3, 0.4) is 0 Å². The summed E-state index contributed by atoms with van der Waals surface area (Å²) in [6.45, 7) is 5.84. The Bertz CT molecular complexity index is 1700. The number of sulfonamides is 1. The molecule has 0 spiro atoms. The molecule has 2 amide bonds. The second-order valence-electron chi connectivity index (χ2n) is 11.1. The monoisotopic (exact) mass is 645 g/mol. The average molecular weight is 646 g/mol. The zero-order valence-electron chi connectivity index (χ0n) is 25.9. The number of unbranched alkanes of at least 4 members (excludes halogenated alkanes) is 1. The summed E-state index contributed by atoms with van der Waals surface area (Å²) >= 11 is 6.56. The van der Waals surface area contributed by atoms with Crippen LogP contribution in [0, 0.1) is 13.8 Å². The predicted molar refractivity (Wildman–Crippen MR) is 181 cm³/mol. The van der Waals surface area contributed by atoms with Crippen LogP contribution in [0.15, 0.2) is 108 Å². The molecule has 4 rings (SSSR count). The molecule has 0 aliphatic rings. The summed E-state index contributed by atoms with van der Waals surface area (Å²) in [4.78, 5) is 29.9. The first-order valence-corrected chi connectivity index (χ1v) is 16.9. The van der Waals surface area contributed by atoms with Gasteiger partial charge < -0.3 is 10.2 Å². The SMILES string of the molecule is CCCCNC(=O)C(Cc1ccccc1)N(Cc1ccccc1Cl)C(=O)CN(c1ccc(C)c(C)c1)S(=O)(=O)c1ccccc1. The topological polar surface area (TPSA) is 86.8 Å². The highest BCUT2D eigenvalue weighted by Crippen LogP contribution is 2.27. The third-order valence-corrected chi connectivity index (χ3v) is 9.94. The Balaban J connectivity index is 1.81. The number of anilines is 1. The first kappa shape index (κ1) is 33.7. The van der Waals surface area contributed by atoms with Gasteiger partial charge in [-0.3, -0.25) is 13.9 Å². The molecule has 1 N–H and O–H groups in total. The Labute approximate surface area is 271 Å². The fourth-order valence-electron chi connectivity index (χ4n) is 5.00. The number of carbonyl (C=O) groups is 2. The Morgan fingerprint density at radius 3 is 2.13 bits per heavy atom. The van der Waals surface area contributed by atoms with Gasteiger partial charge in [-0.2, -0.15) is 0 Å². The van der Waals surface area contributed by atoms with Crippen LogP contribution in [0.4, 0.5) is 5.69 Å². The number of aryl methyl sites for hydroxylation is 2. The summed E-state index contributed by atoms with van der Waals surface area (Å²) in [5.74, 6) is -0.837. The van der Waals surface area contributed by atoms with Crippen LogP contribution in [0.2, 0.25) is 5.02 Å². The van der Waals surface area contributed by atoms with E-state index in [-0.39, 0.29) is 23.8 Å². The smallest absolute Gasteiger partial charge is 0.264 e. The fraction of sp³-hybridized carbons (Fsp3) is 0.278. The van der Waals surface area contributed by atoms with Crippen LogP contribution in [0.25, 0.3) is 0 Å². The van der Waals surface area contributed by atoms with Crippen LogP contribution in [0.5, 0.6) is 0 Å². The number of carbonyl (C=O) groups excluding carboxylic acids is 2. The summed E-state index contributed by atoms with van der Waals surface area (Å²) in [7, 11) is -4.16. The number of rotatable bonds is 14. The van der Waals surface area contributed by atoms with Crippen molar-refractivity contribution in [1.29, 1.82) is 0 Å². The Morgan fingerprint density at radius 2 is 1.49 bits per heavy atom. The van der Waals surface area contributed by atoms with E-state index in [9.17, 15) is 18.0 Å². The van der Waals surface area contributed by atoms with Crippen LogP contribution >= 0.6 is 11.6 Å². The predicted octanol–water partition coefficient (Wildman–Crippen LogP) is 6.71. The molecule has 9 heteroatoms. The van der Waals surface area contributed by atoms with Crippen LogP contribution in [-0.2, 0) is 32.6 Å². The molecule has 0 aromatic heterocycles. The summed E-state index contributed by atoms with van der Waals surface area (Å²) in [5.41, 5.74) is 3.76. The van der Waals surface area contributed by atoms with Crippen LogP contribution in [-0.4, -0.2) is 44.3 Å². The van der Waals surface area contributed by atoms with Gasteiger partial charge >= 0.3 is 0 Å². The van der Waals surface area contributed by atoms with Crippen molar-refractivity contribution in [2.75, 3.05) is 17.4 Å².